The summed E-state index contributed by atoms with van der Waals surface area (Å²) in [5, 5.41) is 8.97. The van der Waals surface area contributed by atoms with Crippen molar-refractivity contribution in [1.29, 1.82) is 0 Å². The van der Waals surface area contributed by atoms with Crippen LogP contribution in [0.2, 0.25) is 0 Å². The van der Waals surface area contributed by atoms with Gasteiger partial charge in [-0.2, -0.15) is 0 Å². The van der Waals surface area contributed by atoms with Crippen LogP contribution in [0.1, 0.15) is 50.5 Å². The molecule has 1 fully saturated rings. The highest BCUT2D eigenvalue weighted by Gasteiger charge is 2.52. The molecule has 30 heavy (non-hydrogen) atoms. The van der Waals surface area contributed by atoms with E-state index in [9.17, 15) is 22.8 Å². The van der Waals surface area contributed by atoms with Gasteiger partial charge in [0, 0.05) is 12.7 Å². The molecule has 1 saturated heterocycles. The van der Waals surface area contributed by atoms with E-state index in [4.69, 9.17) is 14.4 Å². The van der Waals surface area contributed by atoms with Crippen molar-refractivity contribution in [3.63, 3.8) is 0 Å². The van der Waals surface area contributed by atoms with Crippen molar-refractivity contribution in [3.05, 3.63) is 34.8 Å². The summed E-state index contributed by atoms with van der Waals surface area (Å²) in [5.74, 6) is -2.21. The summed E-state index contributed by atoms with van der Waals surface area (Å²) in [6.07, 6.45) is -3.54. The number of carboxylic acid groups (broad SMARTS) is 1. The lowest BCUT2D eigenvalue weighted by atomic mass is 9.78. The monoisotopic (exact) mass is 446 g/mol. The van der Waals surface area contributed by atoms with E-state index in [2.05, 4.69) is 4.74 Å². The van der Waals surface area contributed by atoms with Crippen molar-refractivity contribution in [1.82, 2.24) is 0 Å². The zero-order valence-corrected chi connectivity index (χ0v) is 17.9. The van der Waals surface area contributed by atoms with Gasteiger partial charge in [0.05, 0.1) is 11.2 Å². The molecule has 164 valence electrons. The summed E-state index contributed by atoms with van der Waals surface area (Å²) < 4.78 is 53.9. The molecule has 6 nitrogen and oxygen atoms in total. The Morgan fingerprint density at radius 2 is 1.77 bits per heavy atom. The summed E-state index contributed by atoms with van der Waals surface area (Å²) in [5.41, 5.74) is -1.19. The second-order valence-corrected chi connectivity index (χ2v) is 8.85. The van der Waals surface area contributed by atoms with Gasteiger partial charge in [0.1, 0.15) is 11.3 Å². The van der Waals surface area contributed by atoms with Crippen LogP contribution in [0, 0.1) is 0 Å². The number of rotatable bonds is 6. The molecule has 1 N–H and O–H groups in total. The maximum atomic E-state index is 12.7. The minimum Gasteiger partial charge on any atom is -0.478 e. The van der Waals surface area contributed by atoms with E-state index in [1.54, 1.807) is 0 Å². The first kappa shape index (κ1) is 24.3. The Kier molecular flexibility index (Phi) is 7.00. The molecule has 0 amide bonds. The van der Waals surface area contributed by atoms with Crippen LogP contribution in [0.4, 0.5) is 13.2 Å². The van der Waals surface area contributed by atoms with Gasteiger partial charge in [0.15, 0.2) is 5.12 Å². The van der Waals surface area contributed by atoms with E-state index in [1.165, 1.54) is 19.1 Å². The quantitative estimate of drug-likeness (QED) is 0.641. The topological polar surface area (TPSA) is 82.1 Å². The van der Waals surface area contributed by atoms with Crippen LogP contribution in [-0.4, -0.2) is 46.6 Å². The molecule has 0 saturated carbocycles. The highest BCUT2D eigenvalue weighted by Crippen LogP contribution is 2.39. The number of benzene rings is 1. The van der Waals surface area contributed by atoms with Crippen LogP contribution in [0.5, 0.6) is 5.75 Å². The zero-order valence-electron chi connectivity index (χ0n) is 17.1. The molecule has 0 aliphatic carbocycles. The molecule has 0 bridgehead atoms. The SMILES string of the molecule is CC(=O)SCC(=Cc1ccc(C(=O)O)c(OC(F)(F)F)c1)B1OC(C)(C)C(C)(C)O1. The van der Waals surface area contributed by atoms with Crippen LogP contribution < -0.4 is 4.74 Å². The van der Waals surface area contributed by atoms with Gasteiger partial charge in [-0.25, -0.2) is 4.79 Å². The van der Waals surface area contributed by atoms with E-state index >= 15 is 0 Å². The van der Waals surface area contributed by atoms with Crippen molar-refractivity contribution >= 4 is 36.0 Å². The number of carbonyl (C=O) groups excluding carboxylic acids is 1. The van der Waals surface area contributed by atoms with Crippen LogP contribution in [0.25, 0.3) is 6.08 Å². The number of carboxylic acids is 1. The Morgan fingerprint density at radius 3 is 2.23 bits per heavy atom. The Bertz CT molecular complexity index is 850. The van der Waals surface area contributed by atoms with E-state index < -0.39 is 42.0 Å². The maximum Gasteiger partial charge on any atom is 0.573 e. The van der Waals surface area contributed by atoms with Gasteiger partial charge in [-0.1, -0.05) is 23.9 Å². The number of thioether (sulfide) groups is 1. The van der Waals surface area contributed by atoms with Gasteiger partial charge in [-0.05, 0) is 50.9 Å². The largest absolute Gasteiger partial charge is 0.573 e. The van der Waals surface area contributed by atoms with E-state index in [0.29, 0.717) is 5.47 Å². The Labute approximate surface area is 176 Å². The average Bonchev–Trinajstić information content (AvgIpc) is 2.77. The fourth-order valence-electron chi connectivity index (χ4n) is 2.59. The Hall–Kier alpha value is -1.98. The van der Waals surface area contributed by atoms with Crippen molar-refractivity contribution < 1.29 is 41.9 Å². The number of hydrogen-bond donors (Lipinski definition) is 1. The predicted molar refractivity (Wildman–Crippen MR) is 107 cm³/mol. The van der Waals surface area contributed by atoms with Crippen LogP contribution in [0.15, 0.2) is 23.7 Å². The maximum absolute atomic E-state index is 12.7. The third-order valence-corrected chi connectivity index (χ3v) is 5.70. The summed E-state index contributed by atoms with van der Waals surface area (Å²) in [6.45, 7) is 8.78. The Morgan fingerprint density at radius 1 is 1.20 bits per heavy atom. The second kappa shape index (κ2) is 8.64. The van der Waals surface area contributed by atoms with E-state index in [-0.39, 0.29) is 16.4 Å². The van der Waals surface area contributed by atoms with Crippen molar-refractivity contribution in [3.8, 4) is 5.75 Å². The highest BCUT2D eigenvalue weighted by atomic mass is 32.2. The van der Waals surface area contributed by atoms with Crippen molar-refractivity contribution in [2.45, 2.75) is 52.2 Å². The molecule has 0 unspecified atom stereocenters. The average molecular weight is 446 g/mol. The highest BCUT2D eigenvalue weighted by molar-refractivity contribution is 8.13. The summed E-state index contributed by atoms with van der Waals surface area (Å²) in [4.78, 5) is 22.7. The molecule has 0 aromatic heterocycles. The number of ether oxygens (including phenoxy) is 1. The lowest BCUT2D eigenvalue weighted by molar-refractivity contribution is -0.274. The second-order valence-electron chi connectivity index (χ2n) is 7.70. The summed E-state index contributed by atoms with van der Waals surface area (Å²) in [7, 11) is -0.826. The normalized spacial score (nSPS) is 18.4. The molecular weight excluding hydrogens is 424 g/mol. The van der Waals surface area contributed by atoms with Gasteiger partial charge in [-0.3, -0.25) is 4.79 Å². The van der Waals surface area contributed by atoms with Gasteiger partial charge >= 0.3 is 19.5 Å². The molecule has 2 rings (SSSR count). The fraction of sp³-hybridized carbons (Fsp3) is 0.474. The first-order valence-electron chi connectivity index (χ1n) is 8.94. The smallest absolute Gasteiger partial charge is 0.478 e. The first-order valence-corrected chi connectivity index (χ1v) is 9.92. The molecule has 1 aliphatic rings. The Balaban J connectivity index is 2.46. The number of aromatic carboxylic acids is 1. The van der Waals surface area contributed by atoms with E-state index in [1.807, 2.05) is 27.7 Å². The number of hydrogen-bond acceptors (Lipinski definition) is 6. The van der Waals surface area contributed by atoms with Crippen molar-refractivity contribution in [2.24, 2.45) is 0 Å². The van der Waals surface area contributed by atoms with Gasteiger partial charge < -0.3 is 19.2 Å². The fourth-order valence-corrected chi connectivity index (χ4v) is 3.18. The predicted octanol–water partition coefficient (Wildman–Crippen LogP) is 4.58. The van der Waals surface area contributed by atoms with Crippen LogP contribution in [-0.2, 0) is 14.1 Å². The number of carbonyl (C=O) groups is 2. The zero-order chi connectivity index (χ0) is 22.9. The third-order valence-electron chi connectivity index (χ3n) is 4.81. The van der Waals surface area contributed by atoms with E-state index in [0.717, 1.165) is 23.9 Å². The van der Waals surface area contributed by atoms with Crippen molar-refractivity contribution in [2.75, 3.05) is 5.75 Å². The van der Waals surface area contributed by atoms with Gasteiger partial charge in [0.2, 0.25) is 0 Å². The van der Waals surface area contributed by atoms with Gasteiger partial charge in [0.25, 0.3) is 0 Å². The molecule has 1 aliphatic heterocycles. The molecule has 1 aromatic carbocycles. The lowest BCUT2D eigenvalue weighted by Crippen LogP contribution is -2.41. The summed E-state index contributed by atoms with van der Waals surface area (Å²) >= 11 is 0.995. The van der Waals surface area contributed by atoms with Gasteiger partial charge in [-0.15, -0.1) is 13.2 Å². The van der Waals surface area contributed by atoms with Crippen LogP contribution >= 0.6 is 11.8 Å². The minimum absolute atomic E-state index is 0.153. The molecule has 1 heterocycles. The number of alkyl halides is 3. The molecular formula is C19H22BF3O6S. The molecule has 0 radical (unpaired) electrons. The minimum atomic E-state index is -5.05. The summed E-state index contributed by atoms with van der Waals surface area (Å²) in [6, 6.07) is 3.34. The molecule has 1 aromatic rings. The van der Waals surface area contributed by atoms with Crippen LogP contribution in [0.3, 0.4) is 0 Å². The molecule has 0 atom stereocenters. The third kappa shape index (κ3) is 6.02. The first-order chi connectivity index (χ1) is 13.6. The number of halogens is 3. The molecule has 0 spiro atoms. The standard InChI is InChI=1S/C19H22BF3O6S/c1-11(24)30-10-13(20-28-17(2,3)18(4,5)29-20)8-12-6-7-14(16(25)26)15(9-12)27-19(21,22)23/h6-9H,10H2,1-5H3,(H,25,26). The molecule has 11 heteroatoms. The lowest BCUT2D eigenvalue weighted by Gasteiger charge is -2.32.